The molecule has 0 radical (unpaired) electrons. The molecule has 0 saturated carbocycles. The molecule has 16 heavy (non-hydrogen) atoms. The van der Waals surface area contributed by atoms with Crippen LogP contribution >= 0.6 is 0 Å². The maximum absolute atomic E-state index is 5.86. The van der Waals surface area contributed by atoms with E-state index in [-0.39, 0.29) is 0 Å². The van der Waals surface area contributed by atoms with Crippen molar-refractivity contribution in [3.8, 4) is 0 Å². The number of fused-ring (bicyclic) bond motifs is 1. The molecule has 4 atom stereocenters. The second-order valence-corrected chi connectivity index (χ2v) is 5.70. The van der Waals surface area contributed by atoms with Gasteiger partial charge in [0.05, 0.1) is 12.2 Å². The Morgan fingerprint density at radius 3 is 2.94 bits per heavy atom. The van der Waals surface area contributed by atoms with Crippen LogP contribution in [0.25, 0.3) is 0 Å². The fourth-order valence-electron chi connectivity index (χ4n) is 3.64. The van der Waals surface area contributed by atoms with Crippen LogP contribution in [0.5, 0.6) is 0 Å². The molecule has 0 aromatic heterocycles. The van der Waals surface area contributed by atoms with Gasteiger partial charge >= 0.3 is 0 Å². The Balaban J connectivity index is 1.45. The van der Waals surface area contributed by atoms with Crippen LogP contribution in [0.3, 0.4) is 0 Å². The topological polar surface area (TPSA) is 24.5 Å². The third-order valence-electron chi connectivity index (χ3n) is 4.53. The zero-order chi connectivity index (χ0) is 11.0. The lowest BCUT2D eigenvalue weighted by Gasteiger charge is -2.23. The van der Waals surface area contributed by atoms with Crippen LogP contribution in [-0.2, 0) is 4.74 Å². The first kappa shape index (κ1) is 11.0. The zero-order valence-electron chi connectivity index (χ0n) is 10.3. The van der Waals surface area contributed by atoms with Crippen LogP contribution in [0.15, 0.2) is 0 Å². The lowest BCUT2D eigenvalue weighted by atomic mass is 10.1. The monoisotopic (exact) mass is 224 g/mol. The Bertz CT molecular complexity index is 246. The first-order valence-corrected chi connectivity index (χ1v) is 6.96. The number of ether oxygens (including phenoxy) is 1. The molecule has 3 aliphatic heterocycles. The van der Waals surface area contributed by atoms with Crippen molar-refractivity contribution in [1.29, 1.82) is 0 Å². The summed E-state index contributed by atoms with van der Waals surface area (Å²) in [4.78, 5) is 2.66. The molecule has 3 saturated heterocycles. The third kappa shape index (κ3) is 2.13. The average molecular weight is 224 g/mol. The van der Waals surface area contributed by atoms with Crippen molar-refractivity contribution in [2.24, 2.45) is 0 Å². The van der Waals surface area contributed by atoms with Gasteiger partial charge in [-0.1, -0.05) is 0 Å². The van der Waals surface area contributed by atoms with E-state index in [9.17, 15) is 0 Å². The molecule has 3 nitrogen and oxygen atoms in total. The summed E-state index contributed by atoms with van der Waals surface area (Å²) in [6.45, 7) is 5.90. The van der Waals surface area contributed by atoms with E-state index in [2.05, 4.69) is 17.1 Å². The summed E-state index contributed by atoms with van der Waals surface area (Å²) in [5, 5.41) is 3.75. The number of hydrogen-bond donors (Lipinski definition) is 1. The largest absolute Gasteiger partial charge is 0.374 e. The number of hydrogen-bond acceptors (Lipinski definition) is 3. The SMILES string of the molecule is CC1CCC(CNC2CCN3CCCC23)O1. The highest BCUT2D eigenvalue weighted by Crippen LogP contribution is 2.28. The predicted octanol–water partition coefficient (Wildman–Crippen LogP) is 1.38. The maximum Gasteiger partial charge on any atom is 0.0704 e. The molecular formula is C13H24N2O. The Kier molecular flexibility index (Phi) is 3.18. The van der Waals surface area contributed by atoms with E-state index in [1.165, 1.54) is 45.2 Å². The summed E-state index contributed by atoms with van der Waals surface area (Å²) in [5.74, 6) is 0. The van der Waals surface area contributed by atoms with Gasteiger partial charge in [-0.25, -0.2) is 0 Å². The second kappa shape index (κ2) is 4.63. The zero-order valence-corrected chi connectivity index (χ0v) is 10.3. The molecule has 1 N–H and O–H groups in total. The average Bonchev–Trinajstić information content (AvgIpc) is 2.91. The molecule has 0 aromatic carbocycles. The molecule has 0 aliphatic carbocycles. The van der Waals surface area contributed by atoms with Crippen molar-refractivity contribution in [2.45, 2.75) is 63.3 Å². The van der Waals surface area contributed by atoms with Gasteiger partial charge in [0.2, 0.25) is 0 Å². The van der Waals surface area contributed by atoms with Gasteiger partial charge in [-0.15, -0.1) is 0 Å². The molecule has 0 spiro atoms. The van der Waals surface area contributed by atoms with Gasteiger partial charge in [-0.3, -0.25) is 4.90 Å². The number of nitrogens with zero attached hydrogens (tertiary/aromatic N) is 1. The van der Waals surface area contributed by atoms with E-state index in [1.807, 2.05) is 0 Å². The number of rotatable bonds is 3. The lowest BCUT2D eigenvalue weighted by Crippen LogP contribution is -2.42. The molecule has 3 rings (SSSR count). The molecule has 3 heteroatoms. The van der Waals surface area contributed by atoms with Crippen LogP contribution < -0.4 is 5.32 Å². The van der Waals surface area contributed by atoms with Crippen LogP contribution in [0.1, 0.15) is 39.0 Å². The molecule has 92 valence electrons. The minimum Gasteiger partial charge on any atom is -0.374 e. The van der Waals surface area contributed by atoms with Gasteiger partial charge in [0.15, 0.2) is 0 Å². The van der Waals surface area contributed by atoms with Crippen LogP contribution in [0.4, 0.5) is 0 Å². The summed E-state index contributed by atoms with van der Waals surface area (Å²) in [5.41, 5.74) is 0. The summed E-state index contributed by atoms with van der Waals surface area (Å²) in [7, 11) is 0. The minimum absolute atomic E-state index is 0.477. The predicted molar refractivity (Wildman–Crippen MR) is 64.6 cm³/mol. The fraction of sp³-hybridized carbons (Fsp3) is 1.00. The minimum atomic E-state index is 0.477. The smallest absolute Gasteiger partial charge is 0.0704 e. The Morgan fingerprint density at radius 2 is 2.12 bits per heavy atom. The lowest BCUT2D eigenvalue weighted by molar-refractivity contribution is 0.0537. The van der Waals surface area contributed by atoms with Gasteiger partial charge in [-0.2, -0.15) is 0 Å². The summed E-state index contributed by atoms with van der Waals surface area (Å²) in [6, 6.07) is 1.57. The van der Waals surface area contributed by atoms with Crippen molar-refractivity contribution in [3.63, 3.8) is 0 Å². The van der Waals surface area contributed by atoms with Crippen LogP contribution in [0.2, 0.25) is 0 Å². The first-order valence-electron chi connectivity index (χ1n) is 6.96. The van der Waals surface area contributed by atoms with Crippen molar-refractivity contribution in [1.82, 2.24) is 10.2 Å². The van der Waals surface area contributed by atoms with E-state index in [0.717, 1.165) is 18.6 Å². The third-order valence-corrected chi connectivity index (χ3v) is 4.53. The molecule has 4 unspecified atom stereocenters. The fourth-order valence-corrected chi connectivity index (χ4v) is 3.64. The maximum atomic E-state index is 5.86. The highest BCUT2D eigenvalue weighted by Gasteiger charge is 2.37. The van der Waals surface area contributed by atoms with Gasteiger partial charge in [0.1, 0.15) is 0 Å². The molecule has 3 fully saturated rings. The van der Waals surface area contributed by atoms with E-state index in [1.54, 1.807) is 0 Å². The second-order valence-electron chi connectivity index (χ2n) is 5.70. The molecule has 0 bridgehead atoms. The van der Waals surface area contributed by atoms with Crippen molar-refractivity contribution in [2.75, 3.05) is 19.6 Å². The van der Waals surface area contributed by atoms with Crippen molar-refractivity contribution >= 4 is 0 Å². The van der Waals surface area contributed by atoms with E-state index in [0.29, 0.717) is 12.2 Å². The van der Waals surface area contributed by atoms with Crippen molar-refractivity contribution < 1.29 is 4.74 Å². The van der Waals surface area contributed by atoms with Gasteiger partial charge in [-0.05, 0) is 45.6 Å². The highest BCUT2D eigenvalue weighted by atomic mass is 16.5. The molecule has 3 heterocycles. The summed E-state index contributed by atoms with van der Waals surface area (Å²) in [6.07, 6.45) is 7.59. The van der Waals surface area contributed by atoms with E-state index in [4.69, 9.17) is 4.74 Å². The standard InChI is InChI=1S/C13H24N2O/c1-10-4-5-11(16-10)9-14-12-6-8-15-7-2-3-13(12)15/h10-14H,2-9H2,1H3. The van der Waals surface area contributed by atoms with Gasteiger partial charge < -0.3 is 10.1 Å². The van der Waals surface area contributed by atoms with Crippen LogP contribution in [-0.4, -0.2) is 48.8 Å². The van der Waals surface area contributed by atoms with E-state index < -0.39 is 0 Å². The normalized spacial score (nSPS) is 44.1. The summed E-state index contributed by atoms with van der Waals surface area (Å²) < 4.78 is 5.86. The van der Waals surface area contributed by atoms with Crippen LogP contribution in [0, 0.1) is 0 Å². The molecule has 0 aromatic rings. The quantitative estimate of drug-likeness (QED) is 0.784. The molecule has 3 aliphatic rings. The van der Waals surface area contributed by atoms with Gasteiger partial charge in [0, 0.05) is 25.2 Å². The Labute approximate surface area is 98.5 Å². The number of nitrogens with one attached hydrogen (secondary N) is 1. The molecular weight excluding hydrogens is 200 g/mol. The van der Waals surface area contributed by atoms with Crippen molar-refractivity contribution in [3.05, 3.63) is 0 Å². The first-order chi connectivity index (χ1) is 7.83. The van der Waals surface area contributed by atoms with Gasteiger partial charge in [0.25, 0.3) is 0 Å². The van der Waals surface area contributed by atoms with E-state index >= 15 is 0 Å². The Hall–Kier alpha value is -0.120. The Morgan fingerprint density at radius 1 is 1.19 bits per heavy atom. The highest BCUT2D eigenvalue weighted by molar-refractivity contribution is 4.96. The summed E-state index contributed by atoms with van der Waals surface area (Å²) >= 11 is 0. The molecule has 0 amide bonds.